The summed E-state index contributed by atoms with van der Waals surface area (Å²) in [5.74, 6) is -2.95. The van der Waals surface area contributed by atoms with Crippen molar-refractivity contribution in [2.24, 2.45) is 0 Å². The van der Waals surface area contributed by atoms with Crippen molar-refractivity contribution in [3.63, 3.8) is 0 Å². The fourth-order valence-corrected chi connectivity index (χ4v) is 3.27. The third-order valence-electron chi connectivity index (χ3n) is 3.49. The molecule has 0 aliphatic rings. The molecule has 5 nitrogen and oxygen atoms in total. The summed E-state index contributed by atoms with van der Waals surface area (Å²) in [4.78, 5) is 11.9. The zero-order chi connectivity index (χ0) is 19.3. The Morgan fingerprint density at radius 2 is 1.77 bits per heavy atom. The van der Waals surface area contributed by atoms with Crippen LogP contribution < -0.4 is 9.62 Å². The summed E-state index contributed by atoms with van der Waals surface area (Å²) in [6, 6.07) is 8.12. The van der Waals surface area contributed by atoms with E-state index in [0.29, 0.717) is 6.07 Å². The Balaban J connectivity index is 1.99. The van der Waals surface area contributed by atoms with Gasteiger partial charge in [-0.3, -0.25) is 9.10 Å². The number of benzene rings is 2. The van der Waals surface area contributed by atoms with Crippen LogP contribution in [-0.2, 0) is 14.8 Å². The van der Waals surface area contributed by atoms with Gasteiger partial charge in [-0.2, -0.15) is 0 Å². The Morgan fingerprint density at radius 1 is 1.08 bits per heavy atom. The average Bonchev–Trinajstić information content (AvgIpc) is 2.54. The summed E-state index contributed by atoms with van der Waals surface area (Å²) in [6.45, 7) is -0.126. The zero-order valence-electron chi connectivity index (χ0n) is 13.9. The van der Waals surface area contributed by atoms with Crippen LogP contribution in [0, 0.1) is 17.5 Å². The average molecular weight is 386 g/mol. The van der Waals surface area contributed by atoms with Gasteiger partial charge in [-0.05, 0) is 30.7 Å². The SMILES string of the molecule is CS(=O)(=O)N(CCCC(=O)Nc1ccc(F)cc1F)c1ccccc1F. The van der Waals surface area contributed by atoms with Gasteiger partial charge in [0.05, 0.1) is 17.6 Å². The molecule has 26 heavy (non-hydrogen) atoms. The van der Waals surface area contributed by atoms with Crippen LogP contribution in [0.4, 0.5) is 24.5 Å². The predicted molar refractivity (Wildman–Crippen MR) is 92.8 cm³/mol. The van der Waals surface area contributed by atoms with Crippen molar-refractivity contribution in [3.05, 3.63) is 59.9 Å². The molecule has 0 spiro atoms. The number of anilines is 2. The molecule has 0 aliphatic carbocycles. The number of amides is 1. The molecule has 140 valence electrons. The Labute approximate surface area is 149 Å². The lowest BCUT2D eigenvalue weighted by molar-refractivity contribution is -0.116. The Kier molecular flexibility index (Phi) is 6.25. The van der Waals surface area contributed by atoms with Gasteiger partial charge < -0.3 is 5.32 Å². The molecule has 0 aromatic heterocycles. The van der Waals surface area contributed by atoms with E-state index in [1.54, 1.807) is 0 Å². The van der Waals surface area contributed by atoms with Gasteiger partial charge >= 0.3 is 0 Å². The summed E-state index contributed by atoms with van der Waals surface area (Å²) >= 11 is 0. The molecule has 0 radical (unpaired) electrons. The quantitative estimate of drug-likeness (QED) is 0.794. The lowest BCUT2D eigenvalue weighted by Crippen LogP contribution is -2.32. The summed E-state index contributed by atoms with van der Waals surface area (Å²) in [6.07, 6.45) is 0.890. The van der Waals surface area contributed by atoms with Crippen molar-refractivity contribution in [1.82, 2.24) is 0 Å². The van der Waals surface area contributed by atoms with Crippen LogP contribution >= 0.6 is 0 Å². The van der Waals surface area contributed by atoms with Crippen LogP contribution in [-0.4, -0.2) is 27.1 Å². The fourth-order valence-electron chi connectivity index (χ4n) is 2.31. The Bertz CT molecular complexity index is 904. The highest BCUT2D eigenvalue weighted by atomic mass is 32.2. The fraction of sp³-hybridized carbons (Fsp3) is 0.235. The van der Waals surface area contributed by atoms with Crippen molar-refractivity contribution >= 4 is 27.3 Å². The third-order valence-corrected chi connectivity index (χ3v) is 4.67. The number of sulfonamides is 1. The normalized spacial score (nSPS) is 11.2. The van der Waals surface area contributed by atoms with E-state index in [1.165, 1.54) is 18.2 Å². The molecule has 0 saturated carbocycles. The van der Waals surface area contributed by atoms with Gasteiger partial charge in [-0.15, -0.1) is 0 Å². The minimum atomic E-state index is -3.75. The van der Waals surface area contributed by atoms with Gasteiger partial charge in [-0.25, -0.2) is 21.6 Å². The van der Waals surface area contributed by atoms with E-state index in [4.69, 9.17) is 0 Å². The van der Waals surface area contributed by atoms with Crippen molar-refractivity contribution in [3.8, 4) is 0 Å². The lowest BCUT2D eigenvalue weighted by Gasteiger charge is -2.22. The first-order chi connectivity index (χ1) is 12.2. The van der Waals surface area contributed by atoms with E-state index >= 15 is 0 Å². The second-order valence-electron chi connectivity index (χ2n) is 5.56. The van der Waals surface area contributed by atoms with Crippen molar-refractivity contribution in [2.75, 3.05) is 22.4 Å². The second-order valence-corrected chi connectivity index (χ2v) is 7.47. The van der Waals surface area contributed by atoms with Gasteiger partial charge in [0.25, 0.3) is 0 Å². The van der Waals surface area contributed by atoms with E-state index in [2.05, 4.69) is 5.32 Å². The summed E-state index contributed by atoms with van der Waals surface area (Å²) in [5.41, 5.74) is -0.287. The molecule has 2 aromatic rings. The topological polar surface area (TPSA) is 66.5 Å². The zero-order valence-corrected chi connectivity index (χ0v) is 14.7. The maximum absolute atomic E-state index is 13.9. The van der Waals surface area contributed by atoms with Crippen LogP contribution in [0.2, 0.25) is 0 Å². The highest BCUT2D eigenvalue weighted by Gasteiger charge is 2.20. The summed E-state index contributed by atoms with van der Waals surface area (Å²) < 4.78 is 64.9. The van der Waals surface area contributed by atoms with E-state index in [0.717, 1.165) is 28.8 Å². The van der Waals surface area contributed by atoms with Crippen LogP contribution in [0.5, 0.6) is 0 Å². The standard InChI is InChI=1S/C17H17F3N2O3S/c1-26(24,25)22(16-6-3-2-5-13(16)19)10-4-7-17(23)21-15-9-8-12(18)11-14(15)20/h2-3,5-6,8-9,11H,4,7,10H2,1H3,(H,21,23). The van der Waals surface area contributed by atoms with E-state index in [-0.39, 0.29) is 30.8 Å². The minimum absolute atomic E-state index is 0.0794. The molecule has 0 heterocycles. The van der Waals surface area contributed by atoms with Crippen LogP contribution in [0.15, 0.2) is 42.5 Å². The molecular weight excluding hydrogens is 369 g/mol. The van der Waals surface area contributed by atoms with Gasteiger partial charge in [0.2, 0.25) is 15.9 Å². The smallest absolute Gasteiger partial charge is 0.232 e. The highest BCUT2D eigenvalue weighted by molar-refractivity contribution is 7.92. The maximum Gasteiger partial charge on any atom is 0.232 e. The summed E-state index contributed by atoms with van der Waals surface area (Å²) in [5, 5.41) is 2.28. The first kappa shape index (κ1) is 19.8. The van der Waals surface area contributed by atoms with Crippen molar-refractivity contribution < 1.29 is 26.4 Å². The molecule has 0 bridgehead atoms. The molecule has 9 heteroatoms. The molecular formula is C17H17F3N2O3S. The number of hydrogen-bond donors (Lipinski definition) is 1. The first-order valence-corrected chi connectivity index (χ1v) is 9.50. The molecule has 1 amide bonds. The number of halogens is 3. The number of rotatable bonds is 7. The Morgan fingerprint density at radius 3 is 2.38 bits per heavy atom. The predicted octanol–water partition coefficient (Wildman–Crippen LogP) is 3.29. The molecule has 1 N–H and O–H groups in total. The van der Waals surface area contributed by atoms with Gasteiger partial charge in [0, 0.05) is 19.0 Å². The molecule has 0 atom stereocenters. The number of nitrogens with one attached hydrogen (secondary N) is 1. The number of carbonyl (C=O) groups excluding carboxylic acids is 1. The van der Waals surface area contributed by atoms with E-state index in [1.807, 2.05) is 0 Å². The van der Waals surface area contributed by atoms with Gasteiger partial charge in [0.1, 0.15) is 17.5 Å². The molecule has 0 saturated heterocycles. The maximum atomic E-state index is 13.9. The molecule has 0 unspecified atom stereocenters. The third kappa shape index (κ3) is 5.22. The monoisotopic (exact) mass is 386 g/mol. The number of para-hydroxylation sites is 1. The first-order valence-electron chi connectivity index (χ1n) is 7.65. The molecule has 0 aliphatic heterocycles. The molecule has 0 fully saturated rings. The van der Waals surface area contributed by atoms with Crippen LogP contribution in [0.1, 0.15) is 12.8 Å². The number of hydrogen-bond acceptors (Lipinski definition) is 3. The minimum Gasteiger partial charge on any atom is -0.324 e. The van der Waals surface area contributed by atoms with Gasteiger partial charge in [0.15, 0.2) is 0 Å². The van der Waals surface area contributed by atoms with Crippen LogP contribution in [0.3, 0.4) is 0 Å². The van der Waals surface area contributed by atoms with E-state index < -0.39 is 33.4 Å². The van der Waals surface area contributed by atoms with Crippen LogP contribution in [0.25, 0.3) is 0 Å². The Hall–Kier alpha value is -2.55. The largest absolute Gasteiger partial charge is 0.324 e. The van der Waals surface area contributed by atoms with E-state index in [9.17, 15) is 26.4 Å². The second kappa shape index (κ2) is 8.22. The summed E-state index contributed by atoms with van der Waals surface area (Å²) in [7, 11) is -3.75. The molecule has 2 rings (SSSR count). The molecule has 2 aromatic carbocycles. The van der Waals surface area contributed by atoms with Crippen molar-refractivity contribution in [1.29, 1.82) is 0 Å². The lowest BCUT2D eigenvalue weighted by atomic mass is 10.2. The number of nitrogens with zero attached hydrogens (tertiary/aromatic N) is 1. The highest BCUT2D eigenvalue weighted by Crippen LogP contribution is 2.22. The number of carbonyl (C=O) groups is 1. The van der Waals surface area contributed by atoms with Crippen molar-refractivity contribution in [2.45, 2.75) is 12.8 Å². The van der Waals surface area contributed by atoms with Gasteiger partial charge in [-0.1, -0.05) is 12.1 Å².